The summed E-state index contributed by atoms with van der Waals surface area (Å²) in [5.41, 5.74) is -0.615. The Hall–Kier alpha value is -2.28. The van der Waals surface area contributed by atoms with Gasteiger partial charge in [0.2, 0.25) is 0 Å². The number of nitrogens with zero attached hydrogens (tertiary/aromatic N) is 1. The zero-order valence-corrected chi connectivity index (χ0v) is 12.4. The molecule has 1 aliphatic heterocycles. The number of nitro groups is 1. The summed E-state index contributed by atoms with van der Waals surface area (Å²) in [4.78, 5) is 46.1. The number of amides is 1. The van der Waals surface area contributed by atoms with Gasteiger partial charge in [0, 0.05) is 11.1 Å². The summed E-state index contributed by atoms with van der Waals surface area (Å²) in [7, 11) is 0. The molecule has 1 fully saturated rings. The van der Waals surface area contributed by atoms with Gasteiger partial charge in [0.1, 0.15) is 0 Å². The van der Waals surface area contributed by atoms with E-state index >= 15 is 0 Å². The van der Waals surface area contributed by atoms with Crippen LogP contribution in [0.4, 0.5) is 5.69 Å². The Balaban J connectivity index is 2.37. The summed E-state index contributed by atoms with van der Waals surface area (Å²) in [5, 5.41) is 13.5. The third-order valence-electron chi connectivity index (χ3n) is 3.41. The van der Waals surface area contributed by atoms with Gasteiger partial charge in [0.05, 0.1) is 16.4 Å². The van der Waals surface area contributed by atoms with Gasteiger partial charge in [-0.2, -0.15) is 0 Å². The van der Waals surface area contributed by atoms with Crippen LogP contribution in [0.25, 0.3) is 0 Å². The summed E-state index contributed by atoms with van der Waals surface area (Å²) in [6, 6.07) is 2.70. The fourth-order valence-electron chi connectivity index (χ4n) is 2.25. The average molecular weight is 325 g/mol. The van der Waals surface area contributed by atoms with Crippen LogP contribution in [0.5, 0.6) is 0 Å². The van der Waals surface area contributed by atoms with Crippen molar-refractivity contribution < 1.29 is 19.3 Å². The molecule has 0 spiro atoms. The maximum Gasteiger partial charge on any atom is 0.281 e. The van der Waals surface area contributed by atoms with Crippen LogP contribution in [0.15, 0.2) is 18.2 Å². The first-order valence-corrected chi connectivity index (χ1v) is 7.06. The SMILES string of the molecule is CCCC(C(=O)c1ccc(Cl)cc1[N+](=O)[O-])C(=O)C1NC1=O. The van der Waals surface area contributed by atoms with E-state index < -0.39 is 40.0 Å². The lowest BCUT2D eigenvalue weighted by molar-refractivity contribution is -0.385. The van der Waals surface area contributed by atoms with Crippen LogP contribution < -0.4 is 5.32 Å². The predicted molar refractivity (Wildman–Crippen MR) is 77.8 cm³/mol. The van der Waals surface area contributed by atoms with Crippen molar-refractivity contribution in [2.45, 2.75) is 25.8 Å². The quantitative estimate of drug-likeness (QED) is 0.270. The number of halogens is 1. The van der Waals surface area contributed by atoms with Gasteiger partial charge in [0.25, 0.3) is 11.6 Å². The molecule has 0 bridgehead atoms. The van der Waals surface area contributed by atoms with Crippen LogP contribution in [0.3, 0.4) is 0 Å². The number of ketones is 2. The number of carbonyl (C=O) groups excluding carboxylic acids is 3. The molecular weight excluding hydrogens is 312 g/mol. The Morgan fingerprint density at radius 3 is 2.59 bits per heavy atom. The van der Waals surface area contributed by atoms with E-state index in [1.807, 2.05) is 0 Å². The van der Waals surface area contributed by atoms with E-state index in [-0.39, 0.29) is 17.0 Å². The van der Waals surface area contributed by atoms with Crippen LogP contribution in [0.2, 0.25) is 5.02 Å². The minimum atomic E-state index is -1.08. The zero-order chi connectivity index (χ0) is 16.4. The number of nitro benzene ring substituents is 1. The summed E-state index contributed by atoms with van der Waals surface area (Å²) in [6.07, 6.45) is 0.757. The molecule has 0 aliphatic carbocycles. The van der Waals surface area contributed by atoms with E-state index in [4.69, 9.17) is 11.6 Å². The Morgan fingerprint density at radius 1 is 1.45 bits per heavy atom. The minimum Gasteiger partial charge on any atom is -0.336 e. The topological polar surface area (TPSA) is 116 Å². The predicted octanol–water partition coefficient (Wildman–Crippen LogP) is 1.91. The molecule has 1 amide bonds. The number of hydrogen-bond acceptors (Lipinski definition) is 5. The van der Waals surface area contributed by atoms with Crippen molar-refractivity contribution >= 4 is 34.8 Å². The maximum atomic E-state index is 12.5. The molecule has 0 radical (unpaired) electrons. The maximum absolute atomic E-state index is 12.5. The van der Waals surface area contributed by atoms with Gasteiger partial charge in [-0.1, -0.05) is 24.9 Å². The average Bonchev–Trinajstić information content (AvgIpc) is 3.20. The van der Waals surface area contributed by atoms with Crippen molar-refractivity contribution in [1.29, 1.82) is 0 Å². The molecule has 116 valence electrons. The lowest BCUT2D eigenvalue weighted by atomic mass is 9.87. The van der Waals surface area contributed by atoms with E-state index in [1.54, 1.807) is 6.92 Å². The number of Topliss-reactive ketones (excluding diaryl/α,β-unsaturated/α-hetero) is 2. The number of carbonyl (C=O) groups is 3. The third kappa shape index (κ3) is 3.14. The Labute approximate surface area is 130 Å². The molecule has 2 rings (SSSR count). The van der Waals surface area contributed by atoms with Gasteiger partial charge in [0.15, 0.2) is 17.6 Å². The fraction of sp³-hybridized carbons (Fsp3) is 0.357. The summed E-state index contributed by atoms with van der Waals surface area (Å²) < 4.78 is 0. The minimum absolute atomic E-state index is 0.126. The van der Waals surface area contributed by atoms with Crippen LogP contribution in [-0.2, 0) is 9.59 Å². The molecule has 1 heterocycles. The van der Waals surface area contributed by atoms with Gasteiger partial charge in [-0.25, -0.2) is 0 Å². The molecule has 22 heavy (non-hydrogen) atoms. The number of nitrogens with one attached hydrogen (secondary N) is 1. The van der Waals surface area contributed by atoms with Crippen molar-refractivity contribution in [3.05, 3.63) is 38.9 Å². The lowest BCUT2D eigenvalue weighted by Crippen LogP contribution is -2.29. The first kappa shape index (κ1) is 16.1. The molecular formula is C14H13ClN2O5. The Kier molecular flexibility index (Phi) is 4.56. The van der Waals surface area contributed by atoms with E-state index in [0.29, 0.717) is 6.42 Å². The molecule has 7 nitrogen and oxygen atoms in total. The number of rotatable bonds is 7. The second kappa shape index (κ2) is 6.23. The zero-order valence-electron chi connectivity index (χ0n) is 11.7. The smallest absolute Gasteiger partial charge is 0.281 e. The number of hydrogen-bond donors (Lipinski definition) is 1. The molecule has 8 heteroatoms. The van der Waals surface area contributed by atoms with Crippen molar-refractivity contribution in [1.82, 2.24) is 5.32 Å². The third-order valence-corrected chi connectivity index (χ3v) is 3.64. The molecule has 2 atom stereocenters. The fourth-order valence-corrected chi connectivity index (χ4v) is 2.41. The second-order valence-electron chi connectivity index (χ2n) is 4.97. The molecule has 2 unspecified atom stereocenters. The highest BCUT2D eigenvalue weighted by atomic mass is 35.5. The highest BCUT2D eigenvalue weighted by molar-refractivity contribution is 6.31. The van der Waals surface area contributed by atoms with Gasteiger partial charge >= 0.3 is 0 Å². The van der Waals surface area contributed by atoms with Crippen LogP contribution >= 0.6 is 11.6 Å². The molecule has 1 saturated heterocycles. The molecule has 1 aromatic carbocycles. The highest BCUT2D eigenvalue weighted by Gasteiger charge is 2.46. The van der Waals surface area contributed by atoms with E-state index in [9.17, 15) is 24.5 Å². The molecule has 0 saturated carbocycles. The summed E-state index contributed by atoms with van der Waals surface area (Å²) in [5.74, 6) is -2.70. The van der Waals surface area contributed by atoms with Crippen LogP contribution in [0.1, 0.15) is 30.1 Å². The van der Waals surface area contributed by atoms with Crippen molar-refractivity contribution in [3.8, 4) is 0 Å². The van der Waals surface area contributed by atoms with Gasteiger partial charge in [-0.15, -0.1) is 0 Å². The van der Waals surface area contributed by atoms with E-state index in [0.717, 1.165) is 6.07 Å². The summed E-state index contributed by atoms with van der Waals surface area (Å²) in [6.45, 7) is 1.78. The van der Waals surface area contributed by atoms with Crippen LogP contribution in [-0.4, -0.2) is 28.4 Å². The molecule has 1 aromatic rings. The van der Waals surface area contributed by atoms with Crippen molar-refractivity contribution in [3.63, 3.8) is 0 Å². The Morgan fingerprint density at radius 2 is 2.09 bits per heavy atom. The monoisotopic (exact) mass is 324 g/mol. The molecule has 1 aliphatic rings. The Bertz CT molecular complexity index is 673. The summed E-state index contributed by atoms with van der Waals surface area (Å²) >= 11 is 5.71. The van der Waals surface area contributed by atoms with Crippen LogP contribution in [0, 0.1) is 16.0 Å². The van der Waals surface area contributed by atoms with Gasteiger partial charge in [-0.05, 0) is 18.6 Å². The highest BCUT2D eigenvalue weighted by Crippen LogP contribution is 2.28. The second-order valence-corrected chi connectivity index (χ2v) is 5.40. The normalized spacial score (nSPS) is 17.5. The first-order chi connectivity index (χ1) is 10.4. The van der Waals surface area contributed by atoms with E-state index in [1.165, 1.54) is 12.1 Å². The van der Waals surface area contributed by atoms with Crippen molar-refractivity contribution in [2.75, 3.05) is 0 Å². The largest absolute Gasteiger partial charge is 0.336 e. The molecule has 0 aromatic heterocycles. The van der Waals surface area contributed by atoms with Crippen molar-refractivity contribution in [2.24, 2.45) is 5.92 Å². The standard InChI is InChI=1S/C14H13ClN2O5/c1-2-3-9(13(19)11-14(20)16-11)12(18)8-5-4-7(15)6-10(8)17(21)22/h4-6,9,11H,2-3H2,1H3,(H,16,20). The first-order valence-electron chi connectivity index (χ1n) is 6.69. The number of benzene rings is 1. The lowest BCUT2D eigenvalue weighted by Gasteiger charge is -2.12. The van der Waals surface area contributed by atoms with E-state index in [2.05, 4.69) is 5.32 Å². The van der Waals surface area contributed by atoms with Gasteiger partial charge < -0.3 is 5.32 Å². The van der Waals surface area contributed by atoms with Gasteiger partial charge in [-0.3, -0.25) is 24.5 Å². The molecule has 1 N–H and O–H groups in total.